The summed E-state index contributed by atoms with van der Waals surface area (Å²) in [4.78, 5) is 13.8. The smallest absolute Gasteiger partial charge is 0.233 e. The summed E-state index contributed by atoms with van der Waals surface area (Å²) in [5.41, 5.74) is 0. The van der Waals surface area contributed by atoms with Gasteiger partial charge in [0.05, 0.1) is 12.3 Å². The van der Waals surface area contributed by atoms with Crippen LogP contribution >= 0.6 is 23.1 Å². The van der Waals surface area contributed by atoms with Crippen LogP contribution in [0.1, 0.15) is 24.9 Å². The molecule has 0 fully saturated rings. The third kappa shape index (κ3) is 5.03. The number of hydrogen-bond acceptors (Lipinski definition) is 7. The van der Waals surface area contributed by atoms with Crippen molar-refractivity contribution in [3.05, 3.63) is 23.7 Å². The zero-order chi connectivity index (χ0) is 15.9. The van der Waals surface area contributed by atoms with Gasteiger partial charge in [-0.05, 0) is 25.5 Å². The fourth-order valence-corrected chi connectivity index (χ4v) is 3.42. The highest BCUT2D eigenvalue weighted by molar-refractivity contribution is 8.01. The monoisotopic (exact) mass is 340 g/mol. The van der Waals surface area contributed by atoms with Crippen LogP contribution in [0, 0.1) is 6.92 Å². The molecule has 1 amide bonds. The van der Waals surface area contributed by atoms with E-state index in [9.17, 15) is 4.79 Å². The first-order chi connectivity index (χ1) is 10.6. The molecule has 2 rings (SSSR count). The topological polar surface area (TPSA) is 71.3 Å². The van der Waals surface area contributed by atoms with Gasteiger partial charge >= 0.3 is 0 Å². The van der Waals surface area contributed by atoms with Gasteiger partial charge in [-0.1, -0.05) is 30.0 Å². The van der Waals surface area contributed by atoms with Crippen LogP contribution in [0.5, 0.6) is 0 Å². The highest BCUT2D eigenvalue weighted by Gasteiger charge is 2.13. The molecule has 0 unspecified atom stereocenters. The first-order valence-electron chi connectivity index (χ1n) is 7.08. The lowest BCUT2D eigenvalue weighted by Gasteiger charge is -2.14. The Balaban J connectivity index is 1.77. The number of nitrogens with one attached hydrogen (secondary N) is 1. The molecule has 1 N–H and O–H groups in total. The van der Waals surface area contributed by atoms with Crippen molar-refractivity contribution in [2.45, 2.75) is 31.2 Å². The van der Waals surface area contributed by atoms with Crippen LogP contribution in [-0.4, -0.2) is 40.3 Å². The molecule has 8 heteroatoms. The minimum Gasteiger partial charge on any atom is -0.464 e. The third-order valence-electron chi connectivity index (χ3n) is 2.87. The van der Waals surface area contributed by atoms with Crippen molar-refractivity contribution in [3.8, 4) is 0 Å². The van der Waals surface area contributed by atoms with Crippen molar-refractivity contribution >= 4 is 34.1 Å². The van der Waals surface area contributed by atoms with Crippen molar-refractivity contribution in [1.82, 2.24) is 15.1 Å². The largest absolute Gasteiger partial charge is 0.464 e. The highest BCUT2D eigenvalue weighted by atomic mass is 32.2. The molecule has 0 atom stereocenters. The van der Waals surface area contributed by atoms with Crippen molar-refractivity contribution in [2.75, 3.05) is 24.7 Å². The lowest BCUT2D eigenvalue weighted by Crippen LogP contribution is -2.27. The molecule has 2 aromatic rings. The van der Waals surface area contributed by atoms with Gasteiger partial charge in [0.15, 0.2) is 4.34 Å². The van der Waals surface area contributed by atoms with E-state index in [1.54, 1.807) is 11.9 Å². The average Bonchev–Trinajstić information content (AvgIpc) is 3.11. The first kappa shape index (κ1) is 16.8. The lowest BCUT2D eigenvalue weighted by atomic mass is 10.4. The number of aromatic nitrogens is 2. The Bertz CT molecular complexity index is 612. The number of carbonyl (C=O) groups excluding carboxylic acids is 1. The fraction of sp³-hybridized carbons (Fsp3) is 0.500. The predicted molar refractivity (Wildman–Crippen MR) is 89.3 cm³/mol. The van der Waals surface area contributed by atoms with Gasteiger partial charge in [-0.25, -0.2) is 0 Å². The quantitative estimate of drug-likeness (QED) is 0.745. The molecule has 0 saturated heterocycles. The van der Waals surface area contributed by atoms with E-state index in [-0.39, 0.29) is 5.91 Å². The van der Waals surface area contributed by atoms with Crippen LogP contribution in [0.3, 0.4) is 0 Å². The second kappa shape index (κ2) is 8.19. The Kier molecular flexibility index (Phi) is 6.26. The van der Waals surface area contributed by atoms with Crippen molar-refractivity contribution in [2.24, 2.45) is 0 Å². The molecule has 0 aromatic carbocycles. The molecule has 0 aliphatic heterocycles. The molecule has 2 aromatic heterocycles. The molecule has 0 saturated carbocycles. The molecule has 2 heterocycles. The molecular formula is C14H20N4O2S2. The van der Waals surface area contributed by atoms with Gasteiger partial charge in [-0.2, -0.15) is 0 Å². The number of aryl methyl sites for hydroxylation is 1. The number of furan rings is 1. The van der Waals surface area contributed by atoms with E-state index >= 15 is 0 Å². The normalized spacial score (nSPS) is 10.7. The summed E-state index contributed by atoms with van der Waals surface area (Å²) < 4.78 is 6.28. The Morgan fingerprint density at radius 1 is 1.45 bits per heavy atom. The molecule has 0 bridgehead atoms. The maximum atomic E-state index is 12.1. The van der Waals surface area contributed by atoms with E-state index in [1.807, 2.05) is 19.1 Å². The van der Waals surface area contributed by atoms with E-state index < -0.39 is 0 Å². The Labute approximate surface area is 138 Å². The summed E-state index contributed by atoms with van der Waals surface area (Å²) >= 11 is 2.88. The summed E-state index contributed by atoms with van der Waals surface area (Å²) in [7, 11) is 1.77. The van der Waals surface area contributed by atoms with E-state index in [2.05, 4.69) is 22.4 Å². The SMILES string of the molecule is CCCNc1nnc(SCC(=O)N(C)Cc2ccc(C)o2)s1. The minimum absolute atomic E-state index is 0.0392. The minimum atomic E-state index is 0.0392. The number of rotatable bonds is 8. The van der Waals surface area contributed by atoms with Crippen LogP contribution in [-0.2, 0) is 11.3 Å². The van der Waals surface area contributed by atoms with Crippen molar-refractivity contribution in [3.63, 3.8) is 0 Å². The van der Waals surface area contributed by atoms with E-state index in [0.717, 1.165) is 34.0 Å². The van der Waals surface area contributed by atoms with Gasteiger partial charge < -0.3 is 14.6 Å². The lowest BCUT2D eigenvalue weighted by molar-refractivity contribution is -0.127. The van der Waals surface area contributed by atoms with Gasteiger partial charge in [0, 0.05) is 13.6 Å². The molecule has 22 heavy (non-hydrogen) atoms. The second-order valence-corrected chi connectivity index (χ2v) is 7.05. The Morgan fingerprint density at radius 2 is 2.27 bits per heavy atom. The summed E-state index contributed by atoms with van der Waals surface area (Å²) in [6, 6.07) is 3.79. The van der Waals surface area contributed by atoms with Crippen LogP contribution in [0.15, 0.2) is 20.9 Å². The zero-order valence-electron chi connectivity index (χ0n) is 13.0. The molecule has 6 nitrogen and oxygen atoms in total. The summed E-state index contributed by atoms with van der Waals surface area (Å²) in [5.74, 6) is 2.03. The maximum absolute atomic E-state index is 12.1. The van der Waals surface area contributed by atoms with Gasteiger partial charge in [0.2, 0.25) is 11.0 Å². The van der Waals surface area contributed by atoms with Crippen molar-refractivity contribution < 1.29 is 9.21 Å². The van der Waals surface area contributed by atoms with Crippen LogP contribution in [0.25, 0.3) is 0 Å². The number of anilines is 1. The van der Waals surface area contributed by atoms with Crippen LogP contribution in [0.2, 0.25) is 0 Å². The van der Waals surface area contributed by atoms with Gasteiger partial charge in [-0.15, -0.1) is 10.2 Å². The third-order valence-corrected chi connectivity index (χ3v) is 4.87. The molecule has 120 valence electrons. The van der Waals surface area contributed by atoms with Gasteiger partial charge in [0.1, 0.15) is 11.5 Å². The van der Waals surface area contributed by atoms with E-state index in [1.165, 1.54) is 23.1 Å². The van der Waals surface area contributed by atoms with Gasteiger partial charge in [0.25, 0.3) is 0 Å². The van der Waals surface area contributed by atoms with Gasteiger partial charge in [-0.3, -0.25) is 4.79 Å². The molecule has 0 radical (unpaired) electrons. The molecule has 0 spiro atoms. The molecule has 0 aliphatic carbocycles. The molecule has 0 aliphatic rings. The van der Waals surface area contributed by atoms with Crippen LogP contribution < -0.4 is 5.32 Å². The summed E-state index contributed by atoms with van der Waals surface area (Å²) in [6.07, 6.45) is 1.04. The zero-order valence-corrected chi connectivity index (χ0v) is 14.6. The summed E-state index contributed by atoms with van der Waals surface area (Å²) in [5, 5.41) is 12.1. The first-order valence-corrected chi connectivity index (χ1v) is 8.88. The highest BCUT2D eigenvalue weighted by Crippen LogP contribution is 2.25. The number of amides is 1. The number of carbonyl (C=O) groups is 1. The second-order valence-electron chi connectivity index (χ2n) is 4.85. The van der Waals surface area contributed by atoms with E-state index in [4.69, 9.17) is 4.42 Å². The Morgan fingerprint density at radius 3 is 2.95 bits per heavy atom. The number of nitrogens with zero attached hydrogens (tertiary/aromatic N) is 3. The average molecular weight is 340 g/mol. The molecular weight excluding hydrogens is 320 g/mol. The Hall–Kier alpha value is -1.54. The fourth-order valence-electron chi connectivity index (χ4n) is 1.70. The predicted octanol–water partition coefficient (Wildman–Crippen LogP) is 3.01. The van der Waals surface area contributed by atoms with Crippen LogP contribution in [0.4, 0.5) is 5.13 Å². The maximum Gasteiger partial charge on any atom is 0.233 e. The number of hydrogen-bond donors (Lipinski definition) is 1. The standard InChI is InChI=1S/C14H20N4O2S2/c1-4-7-15-13-16-17-14(22-13)21-9-12(19)18(3)8-11-6-5-10(2)20-11/h5-6H,4,7-9H2,1-3H3,(H,15,16). The van der Waals surface area contributed by atoms with E-state index in [0.29, 0.717) is 12.3 Å². The summed E-state index contributed by atoms with van der Waals surface area (Å²) in [6.45, 7) is 5.34. The van der Waals surface area contributed by atoms with Crippen molar-refractivity contribution in [1.29, 1.82) is 0 Å². The number of thioether (sulfide) groups is 1.